The standard InChI is InChI=1S/C19H21ClN4/c1-11(2)17-19(24-10-15(20)6-7-16(24)21-17)23-22-18-13(4)8-12(3)9-14(18)5/h6-11H,1-5H3. The lowest BCUT2D eigenvalue weighted by Gasteiger charge is -2.06. The van der Waals surface area contributed by atoms with Crippen LogP contribution in [0.15, 0.2) is 40.7 Å². The highest BCUT2D eigenvalue weighted by molar-refractivity contribution is 6.30. The summed E-state index contributed by atoms with van der Waals surface area (Å²) in [6, 6.07) is 7.98. The van der Waals surface area contributed by atoms with Crippen molar-refractivity contribution < 1.29 is 0 Å². The van der Waals surface area contributed by atoms with Crippen molar-refractivity contribution in [2.45, 2.75) is 40.5 Å². The van der Waals surface area contributed by atoms with Gasteiger partial charge in [0.15, 0.2) is 5.82 Å². The van der Waals surface area contributed by atoms with Crippen molar-refractivity contribution in [2.24, 2.45) is 10.2 Å². The van der Waals surface area contributed by atoms with Gasteiger partial charge in [0.05, 0.1) is 16.4 Å². The molecule has 0 spiro atoms. The van der Waals surface area contributed by atoms with Gasteiger partial charge in [-0.05, 0) is 49.9 Å². The van der Waals surface area contributed by atoms with Gasteiger partial charge < -0.3 is 0 Å². The zero-order chi connectivity index (χ0) is 17.4. The molecule has 4 nitrogen and oxygen atoms in total. The Morgan fingerprint density at radius 1 is 1.04 bits per heavy atom. The van der Waals surface area contributed by atoms with Gasteiger partial charge in [-0.1, -0.05) is 43.1 Å². The Morgan fingerprint density at radius 2 is 1.71 bits per heavy atom. The third kappa shape index (κ3) is 3.06. The fourth-order valence-electron chi connectivity index (χ4n) is 2.94. The Morgan fingerprint density at radius 3 is 2.33 bits per heavy atom. The first kappa shape index (κ1) is 16.7. The maximum Gasteiger partial charge on any atom is 0.183 e. The molecule has 0 aliphatic rings. The third-order valence-corrected chi connectivity index (χ3v) is 4.23. The minimum absolute atomic E-state index is 0.248. The Labute approximate surface area is 147 Å². The molecule has 3 rings (SSSR count). The van der Waals surface area contributed by atoms with Gasteiger partial charge in [0.2, 0.25) is 0 Å². The van der Waals surface area contributed by atoms with Gasteiger partial charge in [0.1, 0.15) is 5.65 Å². The van der Waals surface area contributed by atoms with E-state index in [1.54, 1.807) is 0 Å². The smallest absolute Gasteiger partial charge is 0.183 e. The molecule has 2 aromatic heterocycles. The number of rotatable bonds is 3. The highest BCUT2D eigenvalue weighted by atomic mass is 35.5. The maximum absolute atomic E-state index is 6.14. The van der Waals surface area contributed by atoms with Crippen LogP contribution in [0.4, 0.5) is 11.5 Å². The van der Waals surface area contributed by atoms with Crippen molar-refractivity contribution >= 4 is 28.8 Å². The SMILES string of the molecule is Cc1cc(C)c(N=Nc2c(C(C)C)nc3ccc(Cl)cn23)c(C)c1. The topological polar surface area (TPSA) is 42.0 Å². The molecule has 0 unspecified atom stereocenters. The summed E-state index contributed by atoms with van der Waals surface area (Å²) >= 11 is 6.14. The molecule has 0 saturated carbocycles. The summed E-state index contributed by atoms with van der Waals surface area (Å²) in [7, 11) is 0. The summed E-state index contributed by atoms with van der Waals surface area (Å²) in [5.41, 5.74) is 6.13. The second-order valence-electron chi connectivity index (χ2n) is 6.50. The van der Waals surface area contributed by atoms with Gasteiger partial charge in [0, 0.05) is 6.20 Å². The lowest BCUT2D eigenvalue weighted by atomic mass is 10.1. The fraction of sp³-hybridized carbons (Fsp3) is 0.316. The summed E-state index contributed by atoms with van der Waals surface area (Å²) in [6.07, 6.45) is 1.83. The molecule has 0 amide bonds. The summed E-state index contributed by atoms with van der Waals surface area (Å²) in [6.45, 7) is 10.4. The van der Waals surface area contributed by atoms with Crippen LogP contribution in [-0.4, -0.2) is 9.38 Å². The number of aryl methyl sites for hydroxylation is 3. The number of hydrogen-bond donors (Lipinski definition) is 0. The highest BCUT2D eigenvalue weighted by Gasteiger charge is 2.15. The van der Waals surface area contributed by atoms with E-state index < -0.39 is 0 Å². The van der Waals surface area contributed by atoms with E-state index in [1.807, 2.05) is 22.7 Å². The van der Waals surface area contributed by atoms with Crippen LogP contribution in [0.2, 0.25) is 5.02 Å². The number of benzene rings is 1. The lowest BCUT2D eigenvalue weighted by Crippen LogP contribution is -1.88. The third-order valence-electron chi connectivity index (χ3n) is 4.01. The molecule has 0 atom stereocenters. The van der Waals surface area contributed by atoms with Crippen molar-refractivity contribution in [2.75, 3.05) is 0 Å². The van der Waals surface area contributed by atoms with Crippen LogP contribution in [0.25, 0.3) is 5.65 Å². The Kier molecular flexibility index (Phi) is 4.41. The average Bonchev–Trinajstić information content (AvgIpc) is 2.84. The Hall–Kier alpha value is -2.20. The molecule has 0 aliphatic heterocycles. The molecule has 24 heavy (non-hydrogen) atoms. The molecule has 0 saturated heterocycles. The zero-order valence-electron chi connectivity index (χ0n) is 14.6. The van der Waals surface area contributed by atoms with E-state index in [4.69, 9.17) is 11.6 Å². The molecule has 1 aromatic carbocycles. The van der Waals surface area contributed by atoms with Crippen molar-refractivity contribution in [1.29, 1.82) is 0 Å². The number of pyridine rings is 1. The van der Waals surface area contributed by atoms with E-state index in [1.165, 1.54) is 5.56 Å². The van der Waals surface area contributed by atoms with Crippen molar-refractivity contribution in [1.82, 2.24) is 9.38 Å². The zero-order valence-corrected chi connectivity index (χ0v) is 15.4. The number of nitrogens with zero attached hydrogens (tertiary/aromatic N) is 4. The lowest BCUT2D eigenvalue weighted by molar-refractivity contribution is 0.831. The molecule has 0 N–H and O–H groups in total. The molecule has 0 aliphatic carbocycles. The van der Waals surface area contributed by atoms with E-state index in [-0.39, 0.29) is 5.92 Å². The highest BCUT2D eigenvalue weighted by Crippen LogP contribution is 2.32. The number of halogens is 1. The van der Waals surface area contributed by atoms with Crippen LogP contribution >= 0.6 is 11.6 Å². The number of aromatic nitrogens is 2. The van der Waals surface area contributed by atoms with Crippen LogP contribution < -0.4 is 0 Å². The predicted octanol–water partition coefficient (Wildman–Crippen LogP) is 6.45. The van der Waals surface area contributed by atoms with Crippen LogP contribution in [0.3, 0.4) is 0 Å². The molecule has 124 valence electrons. The van der Waals surface area contributed by atoms with Crippen LogP contribution in [-0.2, 0) is 0 Å². The number of imidazole rings is 1. The van der Waals surface area contributed by atoms with E-state index in [9.17, 15) is 0 Å². The molecule has 0 bridgehead atoms. The second kappa shape index (κ2) is 6.36. The van der Waals surface area contributed by atoms with Gasteiger partial charge in [0.25, 0.3) is 0 Å². The van der Waals surface area contributed by atoms with Gasteiger partial charge >= 0.3 is 0 Å². The van der Waals surface area contributed by atoms with Crippen molar-refractivity contribution in [3.8, 4) is 0 Å². The minimum atomic E-state index is 0.248. The molecule has 3 aromatic rings. The van der Waals surface area contributed by atoms with Crippen LogP contribution in [0.5, 0.6) is 0 Å². The van der Waals surface area contributed by atoms with Gasteiger partial charge in [-0.2, -0.15) is 0 Å². The molecule has 0 radical (unpaired) electrons. The molecule has 5 heteroatoms. The maximum atomic E-state index is 6.14. The first-order valence-electron chi connectivity index (χ1n) is 8.04. The second-order valence-corrected chi connectivity index (χ2v) is 6.93. The quantitative estimate of drug-likeness (QED) is 0.505. The van der Waals surface area contributed by atoms with Crippen LogP contribution in [0, 0.1) is 20.8 Å². The van der Waals surface area contributed by atoms with Gasteiger partial charge in [-0.15, -0.1) is 10.2 Å². The monoisotopic (exact) mass is 340 g/mol. The van der Waals surface area contributed by atoms with E-state index in [0.717, 1.165) is 34.0 Å². The molecule has 2 heterocycles. The summed E-state index contributed by atoms with van der Waals surface area (Å²) in [5, 5.41) is 9.73. The van der Waals surface area contributed by atoms with Gasteiger partial charge in [-0.3, -0.25) is 4.40 Å². The molecule has 0 fully saturated rings. The summed E-state index contributed by atoms with van der Waals surface area (Å²) in [5.74, 6) is 0.986. The number of hydrogen-bond acceptors (Lipinski definition) is 3. The normalized spacial score (nSPS) is 12.0. The Bertz CT molecular complexity index is 915. The minimum Gasteiger partial charge on any atom is -0.281 e. The van der Waals surface area contributed by atoms with E-state index in [0.29, 0.717) is 5.02 Å². The Balaban J connectivity index is 2.16. The van der Waals surface area contributed by atoms with E-state index in [2.05, 4.69) is 62.0 Å². The van der Waals surface area contributed by atoms with Gasteiger partial charge in [-0.25, -0.2) is 4.98 Å². The van der Waals surface area contributed by atoms with E-state index >= 15 is 0 Å². The van der Waals surface area contributed by atoms with Crippen molar-refractivity contribution in [3.63, 3.8) is 0 Å². The largest absolute Gasteiger partial charge is 0.281 e. The number of fused-ring (bicyclic) bond motifs is 1. The first-order valence-corrected chi connectivity index (χ1v) is 8.41. The van der Waals surface area contributed by atoms with Crippen molar-refractivity contribution in [3.05, 3.63) is 57.9 Å². The summed E-state index contributed by atoms with van der Waals surface area (Å²) < 4.78 is 1.90. The van der Waals surface area contributed by atoms with Crippen LogP contribution in [0.1, 0.15) is 42.1 Å². The molecular weight excluding hydrogens is 320 g/mol. The average molecular weight is 341 g/mol. The number of azo groups is 1. The molecular formula is C19H21ClN4. The summed E-state index contributed by atoms with van der Waals surface area (Å²) in [4.78, 5) is 4.68. The fourth-order valence-corrected chi connectivity index (χ4v) is 3.10. The first-order chi connectivity index (χ1) is 11.4. The predicted molar refractivity (Wildman–Crippen MR) is 99.1 cm³/mol.